The number of benzene rings is 1. The first-order valence-electron chi connectivity index (χ1n) is 5.95. The predicted octanol–water partition coefficient (Wildman–Crippen LogP) is 3.36. The Morgan fingerprint density at radius 2 is 2.00 bits per heavy atom. The molecular weight excluding hydrogens is 182 g/mol. The number of hydrogen-bond donors (Lipinski definition) is 1. The topological polar surface area (TPSA) is 26.0 Å². The van der Waals surface area contributed by atoms with Crippen LogP contribution in [0, 0.1) is 13.8 Å². The van der Waals surface area contributed by atoms with E-state index in [0.717, 1.165) is 12.8 Å². The monoisotopic (exact) mass is 205 g/mol. The molecule has 0 amide bonds. The molecule has 15 heavy (non-hydrogen) atoms. The standard InChI is InChI=1S/C14H23N/c1-4-5-6-14(15)10-13-9-11(2)7-8-12(13)3/h7-9,14H,4-6,10,15H2,1-3H3. The molecule has 1 heteroatoms. The van der Waals surface area contributed by atoms with Crippen molar-refractivity contribution in [2.45, 2.75) is 52.5 Å². The van der Waals surface area contributed by atoms with E-state index in [1.54, 1.807) is 0 Å². The highest BCUT2D eigenvalue weighted by Gasteiger charge is 2.05. The molecular formula is C14H23N. The van der Waals surface area contributed by atoms with Gasteiger partial charge in [-0.1, -0.05) is 43.5 Å². The minimum atomic E-state index is 0.324. The van der Waals surface area contributed by atoms with Crippen molar-refractivity contribution in [3.05, 3.63) is 34.9 Å². The number of nitrogens with two attached hydrogens (primary N) is 1. The van der Waals surface area contributed by atoms with Gasteiger partial charge in [0.25, 0.3) is 0 Å². The van der Waals surface area contributed by atoms with Crippen LogP contribution in [0.15, 0.2) is 18.2 Å². The molecule has 2 N–H and O–H groups in total. The summed E-state index contributed by atoms with van der Waals surface area (Å²) in [6.45, 7) is 6.52. The SMILES string of the molecule is CCCCC(N)Cc1cc(C)ccc1C. The van der Waals surface area contributed by atoms with E-state index >= 15 is 0 Å². The molecule has 0 aliphatic carbocycles. The van der Waals surface area contributed by atoms with Crippen LogP contribution in [0.5, 0.6) is 0 Å². The minimum Gasteiger partial charge on any atom is -0.327 e. The van der Waals surface area contributed by atoms with Gasteiger partial charge in [-0.25, -0.2) is 0 Å². The molecule has 0 aromatic heterocycles. The molecule has 0 aliphatic rings. The number of aryl methyl sites for hydroxylation is 2. The second-order valence-corrected chi connectivity index (χ2v) is 4.54. The highest BCUT2D eigenvalue weighted by Crippen LogP contribution is 2.14. The van der Waals surface area contributed by atoms with Gasteiger partial charge in [0.1, 0.15) is 0 Å². The third-order valence-electron chi connectivity index (χ3n) is 2.92. The van der Waals surface area contributed by atoms with Gasteiger partial charge < -0.3 is 5.73 Å². The van der Waals surface area contributed by atoms with Crippen molar-refractivity contribution in [1.82, 2.24) is 0 Å². The average molecular weight is 205 g/mol. The van der Waals surface area contributed by atoms with Gasteiger partial charge in [0.05, 0.1) is 0 Å². The van der Waals surface area contributed by atoms with Crippen molar-refractivity contribution in [3.8, 4) is 0 Å². The van der Waals surface area contributed by atoms with Crippen LogP contribution in [0.2, 0.25) is 0 Å². The molecule has 0 aliphatic heterocycles. The number of unbranched alkanes of at least 4 members (excludes halogenated alkanes) is 1. The highest BCUT2D eigenvalue weighted by molar-refractivity contribution is 5.31. The lowest BCUT2D eigenvalue weighted by atomic mass is 9.97. The van der Waals surface area contributed by atoms with E-state index in [0.29, 0.717) is 6.04 Å². The summed E-state index contributed by atoms with van der Waals surface area (Å²) < 4.78 is 0. The molecule has 0 spiro atoms. The first-order chi connectivity index (χ1) is 7.13. The molecule has 1 rings (SSSR count). The smallest absolute Gasteiger partial charge is 0.00794 e. The van der Waals surface area contributed by atoms with E-state index in [-0.39, 0.29) is 0 Å². The third kappa shape index (κ3) is 4.05. The molecule has 0 saturated heterocycles. The van der Waals surface area contributed by atoms with Crippen molar-refractivity contribution >= 4 is 0 Å². The van der Waals surface area contributed by atoms with Gasteiger partial charge in [-0.3, -0.25) is 0 Å². The number of rotatable bonds is 5. The van der Waals surface area contributed by atoms with E-state index in [4.69, 9.17) is 5.73 Å². The fraction of sp³-hybridized carbons (Fsp3) is 0.571. The lowest BCUT2D eigenvalue weighted by molar-refractivity contribution is 0.573. The van der Waals surface area contributed by atoms with Crippen LogP contribution in [-0.4, -0.2) is 6.04 Å². The fourth-order valence-electron chi connectivity index (χ4n) is 1.87. The van der Waals surface area contributed by atoms with Gasteiger partial charge >= 0.3 is 0 Å². The van der Waals surface area contributed by atoms with Crippen LogP contribution >= 0.6 is 0 Å². The van der Waals surface area contributed by atoms with Gasteiger partial charge in [-0.2, -0.15) is 0 Å². The molecule has 1 aromatic carbocycles. The Labute approximate surface area is 93.7 Å². The van der Waals surface area contributed by atoms with Crippen molar-refractivity contribution < 1.29 is 0 Å². The maximum atomic E-state index is 6.11. The van der Waals surface area contributed by atoms with Gasteiger partial charge in [0.15, 0.2) is 0 Å². The summed E-state index contributed by atoms with van der Waals surface area (Å²) in [5.74, 6) is 0. The molecule has 0 saturated carbocycles. The van der Waals surface area contributed by atoms with Gasteiger partial charge in [0, 0.05) is 6.04 Å². The van der Waals surface area contributed by atoms with Crippen molar-refractivity contribution in [3.63, 3.8) is 0 Å². The van der Waals surface area contributed by atoms with E-state index in [9.17, 15) is 0 Å². The summed E-state index contributed by atoms with van der Waals surface area (Å²) in [7, 11) is 0. The Bertz CT molecular complexity index is 304. The summed E-state index contributed by atoms with van der Waals surface area (Å²) in [5, 5.41) is 0. The quantitative estimate of drug-likeness (QED) is 0.783. The van der Waals surface area contributed by atoms with Crippen LogP contribution in [-0.2, 0) is 6.42 Å². The van der Waals surface area contributed by atoms with Crippen molar-refractivity contribution in [2.24, 2.45) is 5.73 Å². The van der Waals surface area contributed by atoms with Crippen molar-refractivity contribution in [1.29, 1.82) is 0 Å². The summed E-state index contributed by atoms with van der Waals surface area (Å²) in [6, 6.07) is 6.94. The second kappa shape index (κ2) is 5.92. The Morgan fingerprint density at radius 1 is 1.27 bits per heavy atom. The average Bonchev–Trinajstić information content (AvgIpc) is 2.20. The number of hydrogen-bond acceptors (Lipinski definition) is 1. The van der Waals surface area contributed by atoms with Crippen molar-refractivity contribution in [2.75, 3.05) is 0 Å². The third-order valence-corrected chi connectivity index (χ3v) is 2.92. The second-order valence-electron chi connectivity index (χ2n) is 4.54. The van der Waals surface area contributed by atoms with E-state index in [1.165, 1.54) is 29.5 Å². The summed E-state index contributed by atoms with van der Waals surface area (Å²) in [4.78, 5) is 0. The Morgan fingerprint density at radius 3 is 2.67 bits per heavy atom. The lowest BCUT2D eigenvalue weighted by Gasteiger charge is -2.13. The fourth-order valence-corrected chi connectivity index (χ4v) is 1.87. The van der Waals surface area contributed by atoms with Gasteiger partial charge in [-0.05, 0) is 37.8 Å². The first-order valence-corrected chi connectivity index (χ1v) is 5.95. The predicted molar refractivity (Wildman–Crippen MR) is 67.1 cm³/mol. The van der Waals surface area contributed by atoms with Crippen LogP contribution < -0.4 is 5.73 Å². The summed E-state index contributed by atoms with van der Waals surface area (Å²) >= 11 is 0. The highest BCUT2D eigenvalue weighted by atomic mass is 14.6. The minimum absolute atomic E-state index is 0.324. The van der Waals surface area contributed by atoms with E-state index in [1.807, 2.05) is 0 Å². The van der Waals surface area contributed by atoms with Crippen LogP contribution in [0.3, 0.4) is 0 Å². The zero-order valence-electron chi connectivity index (χ0n) is 10.2. The maximum Gasteiger partial charge on any atom is 0.00794 e. The van der Waals surface area contributed by atoms with E-state index in [2.05, 4.69) is 39.0 Å². The van der Waals surface area contributed by atoms with Gasteiger partial charge in [-0.15, -0.1) is 0 Å². The first kappa shape index (κ1) is 12.3. The zero-order valence-corrected chi connectivity index (χ0v) is 10.2. The molecule has 0 fully saturated rings. The Balaban J connectivity index is 2.59. The largest absolute Gasteiger partial charge is 0.327 e. The zero-order chi connectivity index (χ0) is 11.3. The molecule has 1 nitrogen and oxygen atoms in total. The molecule has 1 aromatic rings. The van der Waals surface area contributed by atoms with Crippen LogP contribution in [0.25, 0.3) is 0 Å². The lowest BCUT2D eigenvalue weighted by Crippen LogP contribution is -2.23. The molecule has 1 atom stereocenters. The molecule has 0 bridgehead atoms. The van der Waals surface area contributed by atoms with Crippen LogP contribution in [0.1, 0.15) is 42.9 Å². The summed E-state index contributed by atoms with van der Waals surface area (Å²) in [6.07, 6.45) is 4.64. The molecule has 84 valence electrons. The molecule has 0 radical (unpaired) electrons. The Kier molecular flexibility index (Phi) is 4.83. The van der Waals surface area contributed by atoms with Crippen LogP contribution in [0.4, 0.5) is 0 Å². The molecule has 0 heterocycles. The molecule has 1 unspecified atom stereocenters. The normalized spacial score (nSPS) is 12.8. The Hall–Kier alpha value is -0.820. The van der Waals surface area contributed by atoms with Gasteiger partial charge in [0.2, 0.25) is 0 Å². The summed E-state index contributed by atoms with van der Waals surface area (Å²) in [5.41, 5.74) is 10.2. The van der Waals surface area contributed by atoms with E-state index < -0.39 is 0 Å². The maximum absolute atomic E-state index is 6.11.